The normalized spacial score (nSPS) is 10.5. The number of esters is 1. The van der Waals surface area contributed by atoms with Gasteiger partial charge in [0.25, 0.3) is 0 Å². The van der Waals surface area contributed by atoms with E-state index in [1.165, 1.54) is 5.56 Å². The van der Waals surface area contributed by atoms with Gasteiger partial charge in [-0.05, 0) is 49.6 Å². The van der Waals surface area contributed by atoms with Crippen LogP contribution in [0.4, 0.5) is 5.69 Å². The molecule has 2 aromatic rings. The van der Waals surface area contributed by atoms with Crippen molar-refractivity contribution in [3.63, 3.8) is 0 Å². The summed E-state index contributed by atoms with van der Waals surface area (Å²) >= 11 is 5.91. The Hall–Kier alpha value is -2.00. The average Bonchev–Trinajstić information content (AvgIpc) is 2.40. The van der Waals surface area contributed by atoms with Gasteiger partial charge in [-0.1, -0.05) is 35.4 Å². The third kappa shape index (κ3) is 3.37. The van der Waals surface area contributed by atoms with Crippen molar-refractivity contribution in [2.75, 3.05) is 5.73 Å². The summed E-state index contributed by atoms with van der Waals surface area (Å²) in [5.41, 5.74) is 10.8. The number of anilines is 1. The highest BCUT2D eigenvalue weighted by Gasteiger charge is 2.14. The summed E-state index contributed by atoms with van der Waals surface area (Å²) in [6, 6.07) is 9.08. The van der Waals surface area contributed by atoms with E-state index in [-0.39, 0.29) is 12.3 Å². The Morgan fingerprint density at radius 1 is 1.19 bits per heavy atom. The van der Waals surface area contributed by atoms with Gasteiger partial charge in [0, 0.05) is 0 Å². The first-order valence-corrected chi connectivity index (χ1v) is 7.05. The van der Waals surface area contributed by atoms with E-state index < -0.39 is 5.97 Å². The summed E-state index contributed by atoms with van der Waals surface area (Å²) in [4.78, 5) is 12.1. The van der Waals surface area contributed by atoms with E-state index >= 15 is 0 Å². The third-order valence-corrected chi connectivity index (χ3v) is 3.79. The number of aryl methyl sites for hydroxylation is 3. The lowest BCUT2D eigenvalue weighted by Gasteiger charge is -2.13. The predicted octanol–water partition coefficient (Wildman–Crippen LogP) is 4.20. The van der Waals surface area contributed by atoms with Gasteiger partial charge < -0.3 is 10.5 Å². The fourth-order valence-corrected chi connectivity index (χ4v) is 2.54. The largest absolute Gasteiger partial charge is 0.457 e. The minimum atomic E-state index is -0.464. The van der Waals surface area contributed by atoms with Crippen molar-refractivity contribution in [1.29, 1.82) is 0 Å². The van der Waals surface area contributed by atoms with Crippen LogP contribution in [0.15, 0.2) is 30.3 Å². The molecule has 0 atom stereocenters. The van der Waals surface area contributed by atoms with Crippen LogP contribution in [0.25, 0.3) is 0 Å². The third-order valence-electron chi connectivity index (χ3n) is 3.46. The quantitative estimate of drug-likeness (QED) is 0.683. The second kappa shape index (κ2) is 6.19. The van der Waals surface area contributed by atoms with Crippen LogP contribution in [0, 0.1) is 20.8 Å². The van der Waals surface area contributed by atoms with Crippen molar-refractivity contribution in [1.82, 2.24) is 0 Å². The van der Waals surface area contributed by atoms with Gasteiger partial charge in [-0.2, -0.15) is 0 Å². The molecule has 0 amide bonds. The Kier molecular flexibility index (Phi) is 4.53. The number of nitrogen functional groups attached to an aromatic ring is 1. The zero-order valence-corrected chi connectivity index (χ0v) is 13.1. The zero-order chi connectivity index (χ0) is 15.6. The summed E-state index contributed by atoms with van der Waals surface area (Å²) in [5.74, 6) is -0.464. The average molecular weight is 304 g/mol. The summed E-state index contributed by atoms with van der Waals surface area (Å²) < 4.78 is 5.37. The van der Waals surface area contributed by atoms with Crippen molar-refractivity contribution in [3.8, 4) is 0 Å². The number of para-hydroxylation sites is 1. The van der Waals surface area contributed by atoms with Gasteiger partial charge in [-0.3, -0.25) is 0 Å². The van der Waals surface area contributed by atoms with Crippen molar-refractivity contribution in [2.24, 2.45) is 0 Å². The van der Waals surface area contributed by atoms with Gasteiger partial charge in [0.15, 0.2) is 0 Å². The molecule has 0 aliphatic rings. The highest BCUT2D eigenvalue weighted by molar-refractivity contribution is 6.33. The zero-order valence-electron chi connectivity index (χ0n) is 12.4. The molecule has 4 heteroatoms. The first-order chi connectivity index (χ1) is 9.90. The Morgan fingerprint density at radius 3 is 2.43 bits per heavy atom. The SMILES string of the molecule is Cc1cc(C)c(COC(=O)c2cccc(Cl)c2N)c(C)c1. The minimum absolute atomic E-state index is 0.225. The smallest absolute Gasteiger partial charge is 0.340 e. The van der Waals surface area contributed by atoms with Crippen molar-refractivity contribution in [2.45, 2.75) is 27.4 Å². The van der Waals surface area contributed by atoms with Crippen LogP contribution >= 0.6 is 11.6 Å². The van der Waals surface area contributed by atoms with Crippen LogP contribution in [0.1, 0.15) is 32.6 Å². The second-order valence-corrected chi connectivity index (χ2v) is 5.56. The van der Waals surface area contributed by atoms with Crippen LogP contribution in [0.3, 0.4) is 0 Å². The topological polar surface area (TPSA) is 52.3 Å². The lowest BCUT2D eigenvalue weighted by Crippen LogP contribution is -2.10. The number of hydrogen-bond donors (Lipinski definition) is 1. The number of hydrogen-bond acceptors (Lipinski definition) is 3. The van der Waals surface area contributed by atoms with Crippen molar-refractivity contribution in [3.05, 3.63) is 63.2 Å². The molecule has 0 saturated carbocycles. The monoisotopic (exact) mass is 303 g/mol. The van der Waals surface area contributed by atoms with Gasteiger partial charge in [-0.15, -0.1) is 0 Å². The van der Waals surface area contributed by atoms with Gasteiger partial charge in [0.2, 0.25) is 0 Å². The Bertz CT molecular complexity index is 672. The first-order valence-electron chi connectivity index (χ1n) is 6.68. The van der Waals surface area contributed by atoms with E-state index in [1.807, 2.05) is 20.8 Å². The molecule has 0 bridgehead atoms. The second-order valence-electron chi connectivity index (χ2n) is 5.15. The lowest BCUT2D eigenvalue weighted by molar-refractivity contribution is 0.0473. The lowest BCUT2D eigenvalue weighted by atomic mass is 10.0. The van der Waals surface area contributed by atoms with Gasteiger partial charge in [0.05, 0.1) is 16.3 Å². The molecule has 2 N–H and O–H groups in total. The van der Waals surface area contributed by atoms with Crippen molar-refractivity contribution >= 4 is 23.3 Å². The molecule has 0 heterocycles. The fraction of sp³-hybridized carbons (Fsp3) is 0.235. The molecule has 0 radical (unpaired) electrons. The molecule has 0 saturated heterocycles. The van der Waals surface area contributed by atoms with E-state index in [2.05, 4.69) is 12.1 Å². The molecule has 2 aromatic carbocycles. The molecule has 0 aliphatic heterocycles. The molecule has 110 valence electrons. The summed E-state index contributed by atoms with van der Waals surface area (Å²) in [5, 5.41) is 0.354. The first kappa shape index (κ1) is 15.4. The molecule has 0 aliphatic carbocycles. The minimum Gasteiger partial charge on any atom is -0.457 e. The van der Waals surface area contributed by atoms with Crippen LogP contribution in [-0.4, -0.2) is 5.97 Å². The molecule has 21 heavy (non-hydrogen) atoms. The van der Waals surface area contributed by atoms with Crippen LogP contribution < -0.4 is 5.73 Å². The molecule has 0 fully saturated rings. The van der Waals surface area contributed by atoms with Crippen molar-refractivity contribution < 1.29 is 9.53 Å². The number of carbonyl (C=O) groups excluding carboxylic acids is 1. The Morgan fingerprint density at radius 2 is 1.81 bits per heavy atom. The number of halogens is 1. The number of nitrogens with two attached hydrogens (primary N) is 1. The van der Waals surface area contributed by atoms with E-state index in [1.54, 1.807) is 18.2 Å². The maximum absolute atomic E-state index is 12.1. The Balaban J connectivity index is 2.17. The number of carbonyl (C=O) groups is 1. The van der Waals surface area contributed by atoms with Gasteiger partial charge in [-0.25, -0.2) is 4.79 Å². The maximum Gasteiger partial charge on any atom is 0.340 e. The van der Waals surface area contributed by atoms with E-state index in [4.69, 9.17) is 22.1 Å². The summed E-state index contributed by atoms with van der Waals surface area (Å²) in [6.45, 7) is 6.29. The van der Waals surface area contributed by atoms with E-state index in [9.17, 15) is 4.79 Å². The fourth-order valence-electron chi connectivity index (χ4n) is 2.37. The Labute approximate surface area is 129 Å². The van der Waals surface area contributed by atoms with Crippen LogP contribution in [0.2, 0.25) is 5.02 Å². The molecule has 2 rings (SSSR count). The maximum atomic E-state index is 12.1. The summed E-state index contributed by atoms with van der Waals surface area (Å²) in [6.07, 6.45) is 0. The standard InChI is InChI=1S/C17H18ClNO2/c1-10-7-11(2)14(12(3)8-10)9-21-17(20)13-5-4-6-15(18)16(13)19/h4-8H,9,19H2,1-3H3. The number of rotatable bonds is 3. The van der Waals surface area contributed by atoms with E-state index in [0.717, 1.165) is 16.7 Å². The molecular weight excluding hydrogens is 286 g/mol. The molecule has 0 spiro atoms. The molecule has 0 aromatic heterocycles. The van der Waals surface area contributed by atoms with E-state index in [0.29, 0.717) is 10.6 Å². The predicted molar refractivity (Wildman–Crippen MR) is 85.6 cm³/mol. The van der Waals surface area contributed by atoms with Gasteiger partial charge >= 0.3 is 5.97 Å². The highest BCUT2D eigenvalue weighted by atomic mass is 35.5. The van der Waals surface area contributed by atoms with Crippen LogP contribution in [-0.2, 0) is 11.3 Å². The molecule has 0 unspecified atom stereocenters. The molecular formula is C17H18ClNO2. The highest BCUT2D eigenvalue weighted by Crippen LogP contribution is 2.24. The van der Waals surface area contributed by atoms with Gasteiger partial charge in [0.1, 0.15) is 6.61 Å². The summed E-state index contributed by atoms with van der Waals surface area (Å²) in [7, 11) is 0. The molecule has 3 nitrogen and oxygen atoms in total. The number of ether oxygens (including phenoxy) is 1. The van der Waals surface area contributed by atoms with Crippen LogP contribution in [0.5, 0.6) is 0 Å². The number of benzene rings is 2.